The van der Waals surface area contributed by atoms with Gasteiger partial charge in [0.1, 0.15) is 17.0 Å². The van der Waals surface area contributed by atoms with E-state index in [2.05, 4.69) is 10.2 Å². The Morgan fingerprint density at radius 2 is 1.21 bits per heavy atom. The van der Waals surface area contributed by atoms with E-state index in [-0.39, 0.29) is 11.5 Å². The summed E-state index contributed by atoms with van der Waals surface area (Å²) in [5, 5.41) is 10.5. The zero-order valence-electron chi connectivity index (χ0n) is 20.6. The van der Waals surface area contributed by atoms with Crippen molar-refractivity contribution in [2.75, 3.05) is 0 Å². The van der Waals surface area contributed by atoms with Gasteiger partial charge in [0.25, 0.3) is 0 Å². The molecule has 0 bridgehead atoms. The minimum Gasteiger partial charge on any atom is -0.436 e. The fourth-order valence-electron chi connectivity index (χ4n) is 4.65. The highest BCUT2D eigenvalue weighted by Gasteiger charge is 2.48. The Kier molecular flexibility index (Phi) is 6.33. The van der Waals surface area contributed by atoms with Crippen LogP contribution in [0.5, 0.6) is 11.6 Å². The maximum atomic E-state index is 14.0. The molecule has 13 heteroatoms. The van der Waals surface area contributed by atoms with Crippen molar-refractivity contribution in [2.45, 2.75) is 18.5 Å². The molecule has 0 unspecified atom stereocenters. The van der Waals surface area contributed by atoms with Gasteiger partial charge in [0.2, 0.25) is 5.88 Å². The maximum absolute atomic E-state index is 14.0. The molecule has 6 rings (SSSR count). The van der Waals surface area contributed by atoms with Gasteiger partial charge in [-0.05, 0) is 52.6 Å². The molecule has 0 atom stereocenters. The molecular weight excluding hydrogens is 595 g/mol. The van der Waals surface area contributed by atoms with Crippen molar-refractivity contribution >= 4 is 43.0 Å². The van der Waals surface area contributed by atoms with Crippen LogP contribution in [-0.4, -0.2) is 10.2 Å². The van der Waals surface area contributed by atoms with Crippen LogP contribution in [0, 0.1) is 0 Å². The first-order valence-corrected chi connectivity index (χ1v) is 12.8. The minimum atomic E-state index is -5.78. The summed E-state index contributed by atoms with van der Waals surface area (Å²) in [7, 11) is 0. The third-order valence-electron chi connectivity index (χ3n) is 6.50. The number of hydrogen-bond donors (Lipinski definition) is 0. The van der Waals surface area contributed by atoms with E-state index >= 15 is 0 Å². The average molecular weight is 608 g/mol. The van der Waals surface area contributed by atoms with Gasteiger partial charge in [-0.1, -0.05) is 42.5 Å². The van der Waals surface area contributed by atoms with Crippen LogP contribution < -0.4 is 4.74 Å². The van der Waals surface area contributed by atoms with E-state index in [0.29, 0.717) is 26.7 Å². The molecule has 42 heavy (non-hydrogen) atoms. The zero-order chi connectivity index (χ0) is 30.0. The molecule has 0 aliphatic carbocycles. The molecule has 0 radical (unpaired) electrons. The second-order valence-corrected chi connectivity index (χ2v) is 10.3. The summed E-state index contributed by atoms with van der Waals surface area (Å²) in [5.74, 6) is -2.40. The highest BCUT2D eigenvalue weighted by atomic mass is 32.1. The summed E-state index contributed by atoms with van der Waals surface area (Å²) in [5.41, 5.74) is -6.61. The zero-order valence-corrected chi connectivity index (χ0v) is 21.4. The Bertz CT molecular complexity index is 1960. The molecule has 2 aromatic heterocycles. The van der Waals surface area contributed by atoms with Crippen LogP contribution >= 0.6 is 11.3 Å². The van der Waals surface area contributed by atoms with Crippen LogP contribution in [0.4, 0.5) is 39.5 Å². The molecule has 0 aliphatic heterocycles. The normalized spacial score (nSPS) is 12.9. The summed E-state index contributed by atoms with van der Waals surface area (Å²) >= 11 is 1.35. The quantitative estimate of drug-likeness (QED) is 0.148. The molecule has 4 aromatic carbocycles. The van der Waals surface area contributed by atoms with Crippen LogP contribution in [0.3, 0.4) is 0 Å². The number of aromatic nitrogens is 2. The SMILES string of the molecule is FC(F)(F)c1cc(Oc2nnc(-c3cc4ccccc4s3)c3cc4ccccc4cc23)c(C(F)(F)F)c(C(F)(F)F)c1. The Hall–Kier alpha value is -4.39. The molecule has 0 amide bonds. The fraction of sp³-hybridized carbons (Fsp3) is 0.103. The van der Waals surface area contributed by atoms with Gasteiger partial charge in [0.05, 0.1) is 16.0 Å². The lowest BCUT2D eigenvalue weighted by Crippen LogP contribution is -2.20. The molecular formula is C29H13F9N2OS. The fourth-order valence-corrected chi connectivity index (χ4v) is 5.71. The number of rotatable bonds is 3. The Balaban J connectivity index is 1.62. The first-order chi connectivity index (χ1) is 19.7. The van der Waals surface area contributed by atoms with Gasteiger partial charge < -0.3 is 4.74 Å². The van der Waals surface area contributed by atoms with E-state index in [9.17, 15) is 39.5 Å². The molecule has 0 spiro atoms. The number of thiophene rings is 1. The molecule has 214 valence electrons. The van der Waals surface area contributed by atoms with Gasteiger partial charge in [0.15, 0.2) is 0 Å². The number of nitrogens with zero attached hydrogens (tertiary/aromatic N) is 2. The lowest BCUT2D eigenvalue weighted by molar-refractivity contribution is -0.164. The molecule has 0 aliphatic rings. The number of halogens is 9. The van der Waals surface area contributed by atoms with Crippen molar-refractivity contribution < 1.29 is 44.3 Å². The van der Waals surface area contributed by atoms with Gasteiger partial charge >= 0.3 is 18.5 Å². The number of benzene rings is 4. The van der Waals surface area contributed by atoms with Gasteiger partial charge in [-0.2, -0.15) is 39.5 Å². The third-order valence-corrected chi connectivity index (χ3v) is 7.62. The van der Waals surface area contributed by atoms with E-state index in [1.54, 1.807) is 30.3 Å². The number of ether oxygens (including phenoxy) is 1. The number of fused-ring (bicyclic) bond motifs is 3. The van der Waals surface area contributed by atoms with E-state index in [4.69, 9.17) is 4.74 Å². The molecule has 3 nitrogen and oxygen atoms in total. The molecule has 0 saturated carbocycles. The number of alkyl halides is 9. The minimum absolute atomic E-state index is 0.0373. The Morgan fingerprint density at radius 1 is 0.595 bits per heavy atom. The van der Waals surface area contributed by atoms with Crippen molar-refractivity contribution in [1.82, 2.24) is 10.2 Å². The van der Waals surface area contributed by atoms with Crippen molar-refractivity contribution in [3.63, 3.8) is 0 Å². The van der Waals surface area contributed by atoms with Gasteiger partial charge in [-0.25, -0.2) is 0 Å². The van der Waals surface area contributed by atoms with Gasteiger partial charge in [-0.15, -0.1) is 21.5 Å². The average Bonchev–Trinajstić information content (AvgIpc) is 3.34. The van der Waals surface area contributed by atoms with Gasteiger partial charge in [-0.3, -0.25) is 0 Å². The summed E-state index contributed by atoms with van der Waals surface area (Å²) < 4.78 is 130. The Morgan fingerprint density at radius 3 is 1.81 bits per heavy atom. The topological polar surface area (TPSA) is 35.0 Å². The van der Waals surface area contributed by atoms with E-state index in [1.165, 1.54) is 17.4 Å². The lowest BCUT2D eigenvalue weighted by atomic mass is 10.0. The van der Waals surface area contributed by atoms with Crippen molar-refractivity contribution in [3.8, 4) is 22.2 Å². The lowest BCUT2D eigenvalue weighted by Gasteiger charge is -2.21. The van der Waals surface area contributed by atoms with Crippen LogP contribution in [-0.2, 0) is 18.5 Å². The first kappa shape index (κ1) is 27.8. The van der Waals surface area contributed by atoms with Crippen LogP contribution in [0.15, 0.2) is 78.9 Å². The molecule has 6 aromatic rings. The summed E-state index contributed by atoms with van der Waals surface area (Å²) in [6.45, 7) is 0. The highest BCUT2D eigenvalue weighted by molar-refractivity contribution is 7.22. The largest absolute Gasteiger partial charge is 0.436 e. The molecule has 0 fully saturated rings. The van der Waals surface area contributed by atoms with Crippen molar-refractivity contribution in [1.29, 1.82) is 0 Å². The predicted octanol–water partition coefficient (Wildman–Crippen LogP) is 10.5. The second kappa shape index (κ2) is 9.58. The summed E-state index contributed by atoms with van der Waals surface area (Å²) in [6.07, 6.45) is -16.9. The first-order valence-electron chi connectivity index (χ1n) is 12.0. The van der Waals surface area contributed by atoms with E-state index < -0.39 is 52.9 Å². The monoisotopic (exact) mass is 608 g/mol. The standard InChI is InChI=1S/C29H13F9N2OS/c30-27(31,32)17-12-20(28(33,34)35)24(29(36,37)38)21(13-17)41-26-19-10-15-6-2-1-5-14(15)9-18(19)25(39-40-26)23-11-16-7-3-4-8-22(16)42-23/h1-13H. The van der Waals surface area contributed by atoms with Crippen molar-refractivity contribution in [3.05, 3.63) is 95.6 Å². The molecule has 2 heterocycles. The smallest absolute Gasteiger partial charge is 0.420 e. The van der Waals surface area contributed by atoms with Gasteiger partial charge in [0, 0.05) is 15.5 Å². The Labute approximate surface area is 233 Å². The van der Waals surface area contributed by atoms with Crippen LogP contribution in [0.1, 0.15) is 16.7 Å². The second-order valence-electron chi connectivity index (χ2n) is 9.24. The summed E-state index contributed by atoms with van der Waals surface area (Å²) in [4.78, 5) is 0.630. The van der Waals surface area contributed by atoms with E-state index in [1.807, 2.05) is 30.3 Å². The highest BCUT2D eigenvalue weighted by Crippen LogP contribution is 2.49. The number of hydrogen-bond acceptors (Lipinski definition) is 4. The van der Waals surface area contributed by atoms with Crippen molar-refractivity contribution in [2.24, 2.45) is 0 Å². The van der Waals surface area contributed by atoms with E-state index in [0.717, 1.165) is 10.1 Å². The summed E-state index contributed by atoms with van der Waals surface area (Å²) in [6, 6.07) is 18.5. The molecule has 0 saturated heterocycles. The predicted molar refractivity (Wildman–Crippen MR) is 139 cm³/mol. The molecule has 0 N–H and O–H groups in total. The maximum Gasteiger partial charge on any atom is 0.420 e. The third kappa shape index (κ3) is 4.97. The van der Waals surface area contributed by atoms with Crippen LogP contribution in [0.2, 0.25) is 0 Å². The van der Waals surface area contributed by atoms with Crippen LogP contribution in [0.25, 0.3) is 42.2 Å².